The van der Waals surface area contributed by atoms with Crippen molar-refractivity contribution in [3.8, 4) is 0 Å². The maximum Gasteiger partial charge on any atom is 0.323 e. The molecule has 8 heteroatoms. The van der Waals surface area contributed by atoms with Crippen LogP contribution in [0.3, 0.4) is 0 Å². The van der Waals surface area contributed by atoms with Crippen molar-refractivity contribution in [2.45, 2.75) is 17.9 Å². The molecule has 0 bridgehead atoms. The molecule has 2 aromatic carbocycles. The van der Waals surface area contributed by atoms with Crippen molar-refractivity contribution in [2.75, 3.05) is 0 Å². The molecule has 0 N–H and O–H groups in total. The normalized spacial score (nSPS) is 22.5. The lowest BCUT2D eigenvalue weighted by Crippen LogP contribution is -2.30. The number of benzene rings is 2. The lowest BCUT2D eigenvalue weighted by Gasteiger charge is -2.08. The average molecular weight is 379 g/mol. The van der Waals surface area contributed by atoms with Gasteiger partial charge in [0.25, 0.3) is 0 Å². The zero-order valence-corrected chi connectivity index (χ0v) is 14.3. The van der Waals surface area contributed by atoms with Crippen LogP contribution in [-0.2, 0) is 0 Å². The summed E-state index contributed by atoms with van der Waals surface area (Å²) < 4.78 is 0. The summed E-state index contributed by atoms with van der Waals surface area (Å²) in [6.45, 7) is 0. The minimum absolute atomic E-state index is 0.0493. The number of hydrogen-bond acceptors (Lipinski definition) is 4. The van der Waals surface area contributed by atoms with E-state index in [1.165, 1.54) is 12.1 Å². The number of nitro groups is 2. The number of rotatable bonds is 5. The van der Waals surface area contributed by atoms with Gasteiger partial charge in [0.05, 0.1) is 10.8 Å². The highest BCUT2D eigenvalue weighted by Crippen LogP contribution is 2.58. The Hall–Kier alpha value is -2.44. The predicted molar refractivity (Wildman–Crippen MR) is 95.0 cm³/mol. The predicted octanol–water partition coefficient (Wildman–Crippen LogP) is 4.81. The summed E-state index contributed by atoms with van der Waals surface area (Å²) in [6.07, 6.45) is 1.27. The third-order valence-corrected chi connectivity index (χ3v) is 4.77. The van der Waals surface area contributed by atoms with Gasteiger partial charge in [-0.25, -0.2) is 0 Å². The van der Waals surface area contributed by atoms with Crippen molar-refractivity contribution in [2.24, 2.45) is 0 Å². The first kappa shape index (κ1) is 17.4. The van der Waals surface area contributed by atoms with Crippen molar-refractivity contribution in [3.63, 3.8) is 0 Å². The van der Waals surface area contributed by atoms with E-state index in [2.05, 4.69) is 0 Å². The zero-order chi connectivity index (χ0) is 18.2. The Bertz CT molecular complexity index is 900. The number of nitrogens with zero attached hydrogens (tertiary/aromatic N) is 2. The van der Waals surface area contributed by atoms with Crippen LogP contribution in [0, 0.1) is 20.2 Å². The molecule has 3 rings (SSSR count). The standard InChI is InChI=1S/C17H12Cl2N2O4/c18-13-5-1-3-11(7-13)8-16(20(22)23)17(21(24)25)10-15(17)12-4-2-6-14(19)9-12/h1-9,15H,10H2/b16-8+/t15-,17+/m1/s1. The van der Waals surface area contributed by atoms with Crippen LogP contribution < -0.4 is 0 Å². The molecule has 0 saturated heterocycles. The average Bonchev–Trinajstić information content (AvgIpc) is 3.29. The van der Waals surface area contributed by atoms with E-state index in [1.807, 2.05) is 0 Å². The molecule has 2 aromatic rings. The van der Waals surface area contributed by atoms with Gasteiger partial charge in [-0.05, 0) is 35.4 Å². The largest absolute Gasteiger partial charge is 0.323 e. The van der Waals surface area contributed by atoms with E-state index in [-0.39, 0.29) is 6.42 Å². The van der Waals surface area contributed by atoms with E-state index in [0.29, 0.717) is 21.2 Å². The number of hydrogen-bond donors (Lipinski definition) is 0. The Balaban J connectivity index is 2.07. The Morgan fingerprint density at radius 2 is 1.72 bits per heavy atom. The van der Waals surface area contributed by atoms with E-state index < -0.39 is 27.0 Å². The Labute approximate surface area is 153 Å². The van der Waals surface area contributed by atoms with E-state index in [4.69, 9.17) is 23.2 Å². The van der Waals surface area contributed by atoms with E-state index in [1.54, 1.807) is 42.5 Å². The molecule has 2 atom stereocenters. The van der Waals surface area contributed by atoms with Gasteiger partial charge in [0.15, 0.2) is 0 Å². The van der Waals surface area contributed by atoms with Crippen LogP contribution in [0.2, 0.25) is 10.0 Å². The second-order valence-corrected chi connectivity index (χ2v) is 6.71. The summed E-state index contributed by atoms with van der Waals surface area (Å²) in [6, 6.07) is 13.0. The van der Waals surface area contributed by atoms with Crippen LogP contribution in [0.5, 0.6) is 0 Å². The van der Waals surface area contributed by atoms with Crippen LogP contribution in [0.25, 0.3) is 6.08 Å². The smallest absolute Gasteiger partial charge is 0.263 e. The molecule has 25 heavy (non-hydrogen) atoms. The molecular formula is C17H12Cl2N2O4. The van der Waals surface area contributed by atoms with E-state index >= 15 is 0 Å². The van der Waals surface area contributed by atoms with Gasteiger partial charge >= 0.3 is 11.2 Å². The molecule has 1 aliphatic carbocycles. The van der Waals surface area contributed by atoms with Crippen LogP contribution in [0.4, 0.5) is 0 Å². The molecule has 0 unspecified atom stereocenters. The summed E-state index contributed by atoms with van der Waals surface area (Å²) in [4.78, 5) is 22.1. The highest BCUT2D eigenvalue weighted by molar-refractivity contribution is 6.31. The van der Waals surface area contributed by atoms with Gasteiger partial charge in [0.2, 0.25) is 0 Å². The van der Waals surface area contributed by atoms with Gasteiger partial charge in [-0.15, -0.1) is 0 Å². The highest BCUT2D eigenvalue weighted by Gasteiger charge is 2.74. The first-order valence-electron chi connectivity index (χ1n) is 7.36. The third-order valence-electron chi connectivity index (χ3n) is 4.30. The first-order chi connectivity index (χ1) is 11.8. The number of halogens is 2. The first-order valence-corrected chi connectivity index (χ1v) is 8.12. The van der Waals surface area contributed by atoms with Crippen molar-refractivity contribution >= 4 is 29.3 Å². The second kappa shape index (κ2) is 6.46. The van der Waals surface area contributed by atoms with Gasteiger partial charge in [0, 0.05) is 27.5 Å². The van der Waals surface area contributed by atoms with Gasteiger partial charge in [-0.3, -0.25) is 20.2 Å². The molecule has 0 heterocycles. The molecule has 0 radical (unpaired) electrons. The minimum atomic E-state index is -1.77. The summed E-state index contributed by atoms with van der Waals surface area (Å²) in [7, 11) is 0. The fourth-order valence-corrected chi connectivity index (χ4v) is 3.44. The summed E-state index contributed by atoms with van der Waals surface area (Å²) in [5, 5.41) is 24.2. The molecule has 6 nitrogen and oxygen atoms in total. The van der Waals surface area contributed by atoms with Crippen LogP contribution in [0.15, 0.2) is 54.2 Å². The SMILES string of the molecule is O=[N+]([O-])/C(=C/c1cccc(Cl)c1)[C@]1([N+](=O)[O-])C[C@@H]1c1cccc(Cl)c1. The topological polar surface area (TPSA) is 86.3 Å². The zero-order valence-electron chi connectivity index (χ0n) is 12.8. The van der Waals surface area contributed by atoms with Gasteiger partial charge in [-0.1, -0.05) is 47.5 Å². The van der Waals surface area contributed by atoms with Crippen LogP contribution in [0.1, 0.15) is 23.5 Å². The van der Waals surface area contributed by atoms with Crippen molar-refractivity contribution in [1.29, 1.82) is 0 Å². The van der Waals surface area contributed by atoms with Gasteiger partial charge in [-0.2, -0.15) is 0 Å². The lowest BCUT2D eigenvalue weighted by molar-refractivity contribution is -0.569. The molecule has 0 aromatic heterocycles. The van der Waals surface area contributed by atoms with Crippen molar-refractivity contribution in [1.82, 2.24) is 0 Å². The highest BCUT2D eigenvalue weighted by atomic mass is 35.5. The van der Waals surface area contributed by atoms with E-state index in [0.717, 1.165) is 0 Å². The summed E-state index contributed by atoms with van der Waals surface area (Å²) >= 11 is 11.8. The van der Waals surface area contributed by atoms with Crippen LogP contribution >= 0.6 is 23.2 Å². The maximum absolute atomic E-state index is 11.8. The monoisotopic (exact) mass is 378 g/mol. The Morgan fingerprint density at radius 1 is 1.08 bits per heavy atom. The molecule has 128 valence electrons. The lowest BCUT2D eigenvalue weighted by atomic mass is 10.0. The molecule has 1 saturated carbocycles. The van der Waals surface area contributed by atoms with Gasteiger partial charge in [0.1, 0.15) is 0 Å². The molecule has 0 spiro atoms. The fourth-order valence-electron chi connectivity index (χ4n) is 3.04. The maximum atomic E-state index is 11.8. The fraction of sp³-hybridized carbons (Fsp3) is 0.176. The second-order valence-electron chi connectivity index (χ2n) is 5.83. The summed E-state index contributed by atoms with van der Waals surface area (Å²) in [5.74, 6) is -0.600. The van der Waals surface area contributed by atoms with Crippen molar-refractivity contribution < 1.29 is 9.85 Å². The molecule has 0 amide bonds. The van der Waals surface area contributed by atoms with Gasteiger partial charge < -0.3 is 0 Å². The molecule has 1 fully saturated rings. The van der Waals surface area contributed by atoms with E-state index in [9.17, 15) is 20.2 Å². The van der Waals surface area contributed by atoms with Crippen molar-refractivity contribution in [3.05, 3.63) is 95.6 Å². The molecule has 1 aliphatic rings. The Morgan fingerprint density at radius 3 is 2.28 bits per heavy atom. The third kappa shape index (κ3) is 3.23. The summed E-state index contributed by atoms with van der Waals surface area (Å²) in [5.41, 5.74) is -1.17. The molecule has 0 aliphatic heterocycles. The Kier molecular flexibility index (Phi) is 4.49. The minimum Gasteiger partial charge on any atom is -0.263 e. The molecular weight excluding hydrogens is 367 g/mol. The quantitative estimate of drug-likeness (QED) is 0.551. The van der Waals surface area contributed by atoms with Crippen LogP contribution in [-0.4, -0.2) is 15.4 Å².